The molecule has 1 rings (SSSR count). The Hall–Kier alpha value is -1.52. The van der Waals surface area contributed by atoms with Gasteiger partial charge in [-0.1, -0.05) is 0 Å². The maximum atomic E-state index is 10.6. The minimum Gasteiger partial charge on any atom is -0.802 e. The summed E-state index contributed by atoms with van der Waals surface area (Å²) >= 11 is 0. The van der Waals surface area contributed by atoms with Crippen LogP contribution in [0.2, 0.25) is 0 Å². The van der Waals surface area contributed by atoms with Gasteiger partial charge in [-0.3, -0.25) is 9.78 Å². The first-order chi connectivity index (χ1) is 4.61. The fraction of sp³-hybridized carbons (Fsp3) is 0.200. The van der Waals surface area contributed by atoms with Crippen molar-refractivity contribution < 1.29 is 0 Å². The zero-order valence-corrected chi connectivity index (χ0v) is 5.25. The SMILES string of the molecule is Cc1cc(=O)[nH]c(=O)n1[O-]. The standard InChI is InChI=1S/C5H5N2O3/c1-3-2-4(8)6-5(9)7(3)10/h2H,1H3,(H,6,8,9)/q-1. The summed E-state index contributed by atoms with van der Waals surface area (Å²) in [4.78, 5) is 22.7. The maximum Gasteiger partial charge on any atom is 0.323 e. The van der Waals surface area contributed by atoms with Gasteiger partial charge in [0.15, 0.2) is 0 Å². The molecule has 5 heteroatoms. The van der Waals surface area contributed by atoms with Gasteiger partial charge in [-0.15, -0.1) is 0 Å². The van der Waals surface area contributed by atoms with E-state index in [1.54, 1.807) is 0 Å². The number of hydrogen-bond acceptors (Lipinski definition) is 3. The lowest BCUT2D eigenvalue weighted by molar-refractivity contribution is 0.861. The Bertz CT molecular complexity index is 349. The third-order valence-electron chi connectivity index (χ3n) is 1.07. The third kappa shape index (κ3) is 0.928. The summed E-state index contributed by atoms with van der Waals surface area (Å²) in [6, 6.07) is 1.06. The molecule has 0 fully saturated rings. The van der Waals surface area contributed by atoms with Gasteiger partial charge in [0, 0.05) is 11.8 Å². The van der Waals surface area contributed by atoms with Gasteiger partial charge >= 0.3 is 5.69 Å². The summed E-state index contributed by atoms with van der Waals surface area (Å²) in [6.07, 6.45) is 0. The predicted molar refractivity (Wildman–Crippen MR) is 34.8 cm³/mol. The Balaban J connectivity index is 3.62. The van der Waals surface area contributed by atoms with E-state index < -0.39 is 11.2 Å². The van der Waals surface area contributed by atoms with E-state index in [0.29, 0.717) is 0 Å². The van der Waals surface area contributed by atoms with E-state index in [1.165, 1.54) is 6.92 Å². The Morgan fingerprint density at radius 3 is 2.70 bits per heavy atom. The first-order valence-corrected chi connectivity index (χ1v) is 2.62. The molecule has 0 aromatic carbocycles. The molecule has 0 aliphatic heterocycles. The van der Waals surface area contributed by atoms with Crippen LogP contribution in [0.5, 0.6) is 0 Å². The number of hydrogen-bond donors (Lipinski definition) is 1. The Kier molecular flexibility index (Phi) is 1.33. The number of aromatic amines is 1. The van der Waals surface area contributed by atoms with Crippen LogP contribution >= 0.6 is 0 Å². The van der Waals surface area contributed by atoms with E-state index >= 15 is 0 Å². The van der Waals surface area contributed by atoms with Crippen molar-refractivity contribution in [2.45, 2.75) is 6.92 Å². The van der Waals surface area contributed by atoms with Crippen LogP contribution in [-0.2, 0) is 0 Å². The molecule has 0 aliphatic rings. The first kappa shape index (κ1) is 6.60. The second-order valence-corrected chi connectivity index (χ2v) is 1.87. The van der Waals surface area contributed by atoms with E-state index in [1.807, 2.05) is 4.98 Å². The van der Waals surface area contributed by atoms with E-state index in [9.17, 15) is 14.8 Å². The molecule has 1 aromatic heterocycles. The number of nitrogens with one attached hydrogen (secondary N) is 1. The van der Waals surface area contributed by atoms with E-state index in [4.69, 9.17) is 0 Å². The summed E-state index contributed by atoms with van der Waals surface area (Å²) in [6.45, 7) is 1.39. The summed E-state index contributed by atoms with van der Waals surface area (Å²) in [7, 11) is 0. The van der Waals surface area contributed by atoms with Gasteiger partial charge in [-0.05, 0) is 6.92 Å². The number of nitrogens with zero attached hydrogens (tertiary/aromatic N) is 1. The molecule has 0 radical (unpaired) electrons. The van der Waals surface area contributed by atoms with Crippen LogP contribution in [0.3, 0.4) is 0 Å². The van der Waals surface area contributed by atoms with Gasteiger partial charge in [-0.25, -0.2) is 4.79 Å². The molecule has 0 unspecified atom stereocenters. The number of H-pyrrole nitrogens is 1. The minimum atomic E-state index is -0.926. The quantitative estimate of drug-likeness (QED) is 0.513. The highest BCUT2D eigenvalue weighted by molar-refractivity contribution is 4.99. The Morgan fingerprint density at radius 2 is 2.20 bits per heavy atom. The second kappa shape index (κ2) is 2.02. The smallest absolute Gasteiger partial charge is 0.323 e. The topological polar surface area (TPSA) is 77.9 Å². The van der Waals surface area contributed by atoms with Crippen LogP contribution < -0.4 is 11.2 Å². The highest BCUT2D eigenvalue weighted by Crippen LogP contribution is 1.81. The van der Waals surface area contributed by atoms with Crippen LogP contribution in [0.1, 0.15) is 5.69 Å². The van der Waals surface area contributed by atoms with Crippen LogP contribution in [0, 0.1) is 12.1 Å². The van der Waals surface area contributed by atoms with E-state index in [0.717, 1.165) is 6.07 Å². The van der Waals surface area contributed by atoms with E-state index in [-0.39, 0.29) is 10.4 Å². The fourth-order valence-corrected chi connectivity index (χ4v) is 0.601. The molecule has 0 spiro atoms. The number of aromatic nitrogens is 2. The van der Waals surface area contributed by atoms with Crippen LogP contribution in [0.4, 0.5) is 0 Å². The molecule has 0 saturated carbocycles. The van der Waals surface area contributed by atoms with Gasteiger partial charge in [0.1, 0.15) is 0 Å². The summed E-state index contributed by atoms with van der Waals surface area (Å²) in [5.74, 6) is 0. The van der Waals surface area contributed by atoms with Crippen molar-refractivity contribution in [1.82, 2.24) is 9.71 Å². The molecule has 1 aromatic rings. The fourth-order valence-electron chi connectivity index (χ4n) is 0.601. The molecule has 0 amide bonds. The lowest BCUT2D eigenvalue weighted by Crippen LogP contribution is -2.28. The lowest BCUT2D eigenvalue weighted by atomic mass is 10.5. The van der Waals surface area contributed by atoms with Crippen molar-refractivity contribution in [3.8, 4) is 0 Å². The minimum absolute atomic E-state index is 0.105. The monoisotopic (exact) mass is 141 g/mol. The van der Waals surface area contributed by atoms with Gasteiger partial charge in [0.25, 0.3) is 5.56 Å². The van der Waals surface area contributed by atoms with E-state index in [2.05, 4.69) is 0 Å². The van der Waals surface area contributed by atoms with Crippen molar-refractivity contribution >= 4 is 0 Å². The molecule has 1 heterocycles. The average Bonchev–Trinajstić information content (AvgIpc) is 1.82. The molecule has 54 valence electrons. The highest BCUT2D eigenvalue weighted by Gasteiger charge is 1.90. The molecule has 0 aliphatic carbocycles. The lowest BCUT2D eigenvalue weighted by Gasteiger charge is -2.09. The Labute approximate surface area is 55.5 Å². The summed E-state index contributed by atoms with van der Waals surface area (Å²) in [5, 5.41) is 10.6. The average molecular weight is 141 g/mol. The molecule has 5 nitrogen and oxygen atoms in total. The van der Waals surface area contributed by atoms with Gasteiger partial charge in [0.2, 0.25) is 0 Å². The van der Waals surface area contributed by atoms with Gasteiger partial charge in [0.05, 0.1) is 0 Å². The number of rotatable bonds is 0. The Morgan fingerprint density at radius 1 is 1.60 bits per heavy atom. The van der Waals surface area contributed by atoms with Crippen LogP contribution in [0.15, 0.2) is 15.7 Å². The molecule has 10 heavy (non-hydrogen) atoms. The highest BCUT2D eigenvalue weighted by atomic mass is 16.5. The maximum absolute atomic E-state index is 10.6. The molecule has 0 saturated heterocycles. The van der Waals surface area contributed by atoms with Crippen molar-refractivity contribution in [1.29, 1.82) is 0 Å². The van der Waals surface area contributed by atoms with Crippen molar-refractivity contribution in [2.75, 3.05) is 0 Å². The molecule has 0 atom stereocenters. The zero-order valence-electron chi connectivity index (χ0n) is 5.25. The predicted octanol–water partition coefficient (Wildman–Crippen LogP) is -0.809. The van der Waals surface area contributed by atoms with Crippen molar-refractivity contribution in [3.63, 3.8) is 0 Å². The molecular weight excluding hydrogens is 136 g/mol. The zero-order chi connectivity index (χ0) is 7.72. The first-order valence-electron chi connectivity index (χ1n) is 2.62. The molecular formula is C5H5N2O3-. The summed E-state index contributed by atoms with van der Waals surface area (Å²) < 4.78 is 0.126. The molecule has 1 N–H and O–H groups in total. The largest absolute Gasteiger partial charge is 0.802 e. The van der Waals surface area contributed by atoms with Crippen molar-refractivity contribution in [3.05, 3.63) is 37.8 Å². The third-order valence-corrected chi connectivity index (χ3v) is 1.07. The van der Waals surface area contributed by atoms with Gasteiger partial charge in [-0.2, -0.15) is 0 Å². The number of aryl methyl sites for hydroxylation is 1. The van der Waals surface area contributed by atoms with Crippen LogP contribution in [0.25, 0.3) is 0 Å². The molecule has 0 bridgehead atoms. The normalized spacial score (nSPS) is 9.70. The summed E-state index contributed by atoms with van der Waals surface area (Å²) in [5.41, 5.74) is -1.37. The van der Waals surface area contributed by atoms with Crippen LogP contribution in [-0.4, -0.2) is 9.71 Å². The van der Waals surface area contributed by atoms with Gasteiger partial charge < -0.3 is 9.94 Å². The second-order valence-electron chi connectivity index (χ2n) is 1.87. The van der Waals surface area contributed by atoms with Crippen molar-refractivity contribution in [2.24, 2.45) is 0 Å².